The number of hydrogen-bond acceptors (Lipinski definition) is 5. The summed E-state index contributed by atoms with van der Waals surface area (Å²) >= 11 is 1.61. The molecule has 2 aliphatic rings. The molecule has 4 nitrogen and oxygen atoms in total. The van der Waals surface area contributed by atoms with Gasteiger partial charge < -0.3 is 9.47 Å². The van der Waals surface area contributed by atoms with E-state index in [4.69, 9.17) is 9.47 Å². The van der Waals surface area contributed by atoms with Gasteiger partial charge in [-0.2, -0.15) is 0 Å². The summed E-state index contributed by atoms with van der Waals surface area (Å²) < 4.78 is 10.8. The molecule has 5 heteroatoms. The lowest BCUT2D eigenvalue weighted by molar-refractivity contribution is -0.145. The van der Waals surface area contributed by atoms with Crippen molar-refractivity contribution in [1.29, 1.82) is 0 Å². The summed E-state index contributed by atoms with van der Waals surface area (Å²) in [5.74, 6) is -0.317. The van der Waals surface area contributed by atoms with Gasteiger partial charge in [-0.15, -0.1) is 0 Å². The zero-order valence-corrected chi connectivity index (χ0v) is 12.4. The number of rotatable bonds is 4. The topological polar surface area (TPSA) is 47.9 Å². The van der Waals surface area contributed by atoms with Crippen LogP contribution in [0.1, 0.15) is 12.5 Å². The molecule has 3 rings (SSSR count). The van der Waals surface area contributed by atoms with Gasteiger partial charge >= 0.3 is 5.97 Å². The van der Waals surface area contributed by atoms with Crippen LogP contribution in [0.2, 0.25) is 0 Å². The predicted octanol–water partition coefficient (Wildman–Crippen LogP) is 2.19. The maximum absolute atomic E-state index is 10.8. The number of thioether (sulfide) groups is 1. The number of hydrogen-bond donors (Lipinski definition) is 0. The van der Waals surface area contributed by atoms with Crippen LogP contribution in [0.15, 0.2) is 35.3 Å². The van der Waals surface area contributed by atoms with Gasteiger partial charge in [0.15, 0.2) is 0 Å². The van der Waals surface area contributed by atoms with Crippen LogP contribution in [0.3, 0.4) is 0 Å². The van der Waals surface area contributed by atoms with E-state index >= 15 is 0 Å². The molecule has 2 aliphatic heterocycles. The van der Waals surface area contributed by atoms with Crippen LogP contribution in [-0.2, 0) is 20.7 Å². The van der Waals surface area contributed by atoms with Gasteiger partial charge in [-0.1, -0.05) is 42.1 Å². The molecular weight excluding hydrogens is 286 g/mol. The second-order valence-corrected chi connectivity index (χ2v) is 6.00. The van der Waals surface area contributed by atoms with Crippen LogP contribution in [-0.4, -0.2) is 35.2 Å². The van der Waals surface area contributed by atoms with Gasteiger partial charge in [-0.25, -0.2) is 0 Å². The lowest BCUT2D eigenvalue weighted by Gasteiger charge is -2.29. The van der Waals surface area contributed by atoms with Crippen LogP contribution in [0, 0.1) is 12.8 Å². The van der Waals surface area contributed by atoms with Crippen molar-refractivity contribution in [3.8, 4) is 0 Å². The first kappa shape index (κ1) is 14.6. The molecule has 0 amide bonds. The molecule has 4 radical (unpaired) electrons. The van der Waals surface area contributed by atoms with Gasteiger partial charge in [0.1, 0.15) is 18.1 Å². The quantitative estimate of drug-likeness (QED) is 0.800. The van der Waals surface area contributed by atoms with Crippen molar-refractivity contribution in [2.24, 2.45) is 4.99 Å². The summed E-state index contributed by atoms with van der Waals surface area (Å²) in [6.07, 6.45) is 6.51. The summed E-state index contributed by atoms with van der Waals surface area (Å²) in [5, 5.41) is 1.04. The van der Waals surface area contributed by atoms with Crippen LogP contribution in [0.4, 0.5) is 0 Å². The third-order valence-electron chi connectivity index (χ3n) is 3.12. The Morgan fingerprint density at radius 3 is 2.95 bits per heavy atom. The van der Waals surface area contributed by atoms with Crippen LogP contribution < -0.4 is 0 Å². The number of carbonyl (C=O) groups excluding carboxylic acids is 1. The van der Waals surface area contributed by atoms with E-state index in [0.717, 1.165) is 11.5 Å². The zero-order valence-electron chi connectivity index (χ0n) is 11.6. The molecule has 0 N–H and O–H groups in total. The summed E-state index contributed by atoms with van der Waals surface area (Å²) in [4.78, 5) is 15.4. The average Bonchev–Trinajstić information content (AvgIpc) is 2.87. The molecule has 1 aromatic rings. The van der Waals surface area contributed by atoms with E-state index in [-0.39, 0.29) is 30.2 Å². The number of aliphatic imine (C=N–C) groups is 1. The van der Waals surface area contributed by atoms with Crippen LogP contribution in [0.25, 0.3) is 0 Å². The largest absolute Gasteiger partial charge is 0.463 e. The Morgan fingerprint density at radius 1 is 1.38 bits per heavy atom. The first-order chi connectivity index (χ1) is 10.2. The van der Waals surface area contributed by atoms with Crippen molar-refractivity contribution in [2.45, 2.75) is 30.9 Å². The van der Waals surface area contributed by atoms with Crippen molar-refractivity contribution < 1.29 is 14.3 Å². The Morgan fingerprint density at radius 2 is 2.19 bits per heavy atom. The maximum atomic E-state index is 10.8. The second kappa shape index (κ2) is 6.62. The summed E-state index contributed by atoms with van der Waals surface area (Å²) in [5.41, 5.74) is 1.14. The maximum Gasteiger partial charge on any atom is 0.302 e. The number of ether oxygens (including phenoxy) is 2. The average molecular weight is 301 g/mol. The molecular formula is C16H15NO3S. The second-order valence-electron chi connectivity index (χ2n) is 4.83. The van der Waals surface area contributed by atoms with Crippen molar-refractivity contribution >= 4 is 22.8 Å². The zero-order chi connectivity index (χ0) is 14.7. The van der Waals surface area contributed by atoms with Gasteiger partial charge in [0.2, 0.25) is 0 Å². The minimum Gasteiger partial charge on any atom is -0.463 e. The molecule has 0 bridgehead atoms. The normalized spacial score (nSPS) is 27.9. The third-order valence-corrected chi connectivity index (χ3v) is 4.24. The molecule has 1 aromatic carbocycles. The predicted molar refractivity (Wildman–Crippen MR) is 80.7 cm³/mol. The van der Waals surface area contributed by atoms with Crippen LogP contribution in [0.5, 0.6) is 0 Å². The SMILES string of the molecule is CC(=O)OC[C@H]1[C][C][C@H]2N=C(Cc3ccccc3)S[C@H]2O1. The van der Waals surface area contributed by atoms with E-state index in [1.54, 1.807) is 11.8 Å². The Labute approximate surface area is 128 Å². The number of fused-ring (bicyclic) bond motifs is 1. The van der Waals surface area contributed by atoms with Gasteiger partial charge in [0.25, 0.3) is 0 Å². The monoisotopic (exact) mass is 301 g/mol. The van der Waals surface area contributed by atoms with Gasteiger partial charge in [0, 0.05) is 26.2 Å². The molecule has 3 atom stereocenters. The number of esters is 1. The lowest BCUT2D eigenvalue weighted by Crippen LogP contribution is -2.37. The summed E-state index contributed by atoms with van der Waals surface area (Å²) in [7, 11) is 0. The highest BCUT2D eigenvalue weighted by molar-refractivity contribution is 8.14. The third kappa shape index (κ3) is 3.86. The molecule has 0 aromatic heterocycles. The minimum absolute atomic E-state index is 0.0921. The van der Waals surface area contributed by atoms with Crippen molar-refractivity contribution in [3.63, 3.8) is 0 Å². The van der Waals surface area contributed by atoms with Crippen LogP contribution >= 0.6 is 11.8 Å². The molecule has 2 heterocycles. The Bertz CT molecular complexity index is 532. The fourth-order valence-electron chi connectivity index (χ4n) is 2.15. The lowest BCUT2D eigenvalue weighted by atomic mass is 10.1. The Balaban J connectivity index is 1.54. The molecule has 0 unspecified atom stereocenters. The van der Waals surface area contributed by atoms with Crippen molar-refractivity contribution in [3.05, 3.63) is 48.7 Å². The molecule has 21 heavy (non-hydrogen) atoms. The van der Waals surface area contributed by atoms with E-state index in [0.29, 0.717) is 0 Å². The van der Waals surface area contributed by atoms with Gasteiger partial charge in [-0.05, 0) is 5.56 Å². The minimum atomic E-state index is -0.353. The van der Waals surface area contributed by atoms with E-state index in [1.165, 1.54) is 12.5 Å². The fraction of sp³-hybridized carbons (Fsp3) is 0.375. The smallest absolute Gasteiger partial charge is 0.302 e. The Hall–Kier alpha value is -1.33. The van der Waals surface area contributed by atoms with E-state index in [1.807, 2.05) is 18.2 Å². The van der Waals surface area contributed by atoms with Gasteiger partial charge in [0.05, 0.1) is 11.1 Å². The Kier molecular flexibility index (Phi) is 4.60. The summed E-state index contributed by atoms with van der Waals surface area (Å²) in [6.45, 7) is 1.56. The highest BCUT2D eigenvalue weighted by atomic mass is 32.2. The first-order valence-corrected chi connectivity index (χ1v) is 7.66. The number of carbonyl (C=O) groups is 1. The summed E-state index contributed by atoms with van der Waals surface area (Å²) in [6, 6.07) is 10.1. The highest BCUT2D eigenvalue weighted by Crippen LogP contribution is 2.36. The first-order valence-electron chi connectivity index (χ1n) is 6.78. The molecule has 1 saturated heterocycles. The molecule has 0 spiro atoms. The van der Waals surface area contributed by atoms with E-state index in [2.05, 4.69) is 30.0 Å². The van der Waals surface area contributed by atoms with E-state index < -0.39 is 0 Å². The fourth-order valence-corrected chi connectivity index (χ4v) is 3.29. The molecule has 0 saturated carbocycles. The molecule has 1 fully saturated rings. The molecule has 108 valence electrons. The highest BCUT2D eigenvalue weighted by Gasteiger charge is 2.38. The molecule has 0 aliphatic carbocycles. The standard InChI is InChI=1S/C16H15NO3S/c1-11(18)19-10-13-7-8-14-16(20-13)21-15(17-14)9-12-5-3-2-4-6-12/h2-6,13-14,16H,9-10H2,1H3/t13-,14-,16-/m1/s1. The number of benzene rings is 1. The van der Waals surface area contributed by atoms with Crippen molar-refractivity contribution in [2.75, 3.05) is 6.61 Å². The van der Waals surface area contributed by atoms with Gasteiger partial charge in [-0.3, -0.25) is 9.79 Å². The van der Waals surface area contributed by atoms with Crippen molar-refractivity contribution in [1.82, 2.24) is 0 Å². The van der Waals surface area contributed by atoms with E-state index in [9.17, 15) is 4.79 Å². The number of nitrogens with zero attached hydrogens (tertiary/aromatic N) is 1.